The second-order valence-corrected chi connectivity index (χ2v) is 7.84. The van der Waals surface area contributed by atoms with Gasteiger partial charge in [-0.25, -0.2) is 0 Å². The first kappa shape index (κ1) is 14.3. The van der Waals surface area contributed by atoms with E-state index in [1.807, 2.05) is 0 Å². The van der Waals surface area contributed by atoms with Crippen LogP contribution in [0.4, 0.5) is 0 Å². The smallest absolute Gasteiger partial charge is 0.0651 e. The summed E-state index contributed by atoms with van der Waals surface area (Å²) in [7, 11) is 0. The van der Waals surface area contributed by atoms with Gasteiger partial charge in [-0.05, 0) is 55.8 Å². The second kappa shape index (κ2) is 5.13. The average molecular weight is 254 g/mol. The van der Waals surface area contributed by atoms with E-state index in [4.69, 9.17) is 0 Å². The van der Waals surface area contributed by atoms with Gasteiger partial charge in [-0.15, -0.1) is 0 Å². The molecule has 0 amide bonds. The summed E-state index contributed by atoms with van der Waals surface area (Å²) in [6, 6.07) is 0. The van der Waals surface area contributed by atoms with Crippen molar-refractivity contribution in [1.82, 2.24) is 0 Å². The fourth-order valence-corrected chi connectivity index (χ4v) is 3.98. The summed E-state index contributed by atoms with van der Waals surface area (Å²) in [5, 5.41) is 20.8. The molecule has 0 aromatic rings. The van der Waals surface area contributed by atoms with Crippen LogP contribution in [0.25, 0.3) is 0 Å². The summed E-state index contributed by atoms with van der Waals surface area (Å²) in [5.41, 5.74) is -0.137. The van der Waals surface area contributed by atoms with Crippen molar-refractivity contribution in [3.63, 3.8) is 0 Å². The van der Waals surface area contributed by atoms with Gasteiger partial charge in [0.2, 0.25) is 0 Å². The minimum Gasteiger partial charge on any atom is -0.393 e. The first-order valence-corrected chi connectivity index (χ1v) is 7.71. The van der Waals surface area contributed by atoms with Gasteiger partial charge in [-0.2, -0.15) is 0 Å². The molecule has 0 bridgehead atoms. The van der Waals surface area contributed by atoms with E-state index in [1.54, 1.807) is 0 Å². The molecule has 3 atom stereocenters. The van der Waals surface area contributed by atoms with E-state index < -0.39 is 5.60 Å². The molecule has 18 heavy (non-hydrogen) atoms. The van der Waals surface area contributed by atoms with Crippen molar-refractivity contribution in [2.24, 2.45) is 17.3 Å². The molecule has 2 N–H and O–H groups in total. The topological polar surface area (TPSA) is 40.5 Å². The van der Waals surface area contributed by atoms with Crippen LogP contribution in [0, 0.1) is 17.3 Å². The molecule has 0 saturated heterocycles. The van der Waals surface area contributed by atoms with Crippen LogP contribution >= 0.6 is 0 Å². The van der Waals surface area contributed by atoms with Crippen molar-refractivity contribution in [1.29, 1.82) is 0 Å². The Balaban J connectivity index is 1.97. The van der Waals surface area contributed by atoms with Crippen molar-refractivity contribution >= 4 is 0 Å². The number of hydrogen-bond donors (Lipinski definition) is 2. The molecule has 0 heterocycles. The normalized spacial score (nSPS) is 36.8. The third-order valence-electron chi connectivity index (χ3n) is 5.34. The molecular formula is C16H30O2. The van der Waals surface area contributed by atoms with Gasteiger partial charge in [-0.3, -0.25) is 0 Å². The molecule has 2 saturated carbocycles. The van der Waals surface area contributed by atoms with Crippen LogP contribution in [0.2, 0.25) is 0 Å². The number of rotatable bonds is 2. The molecule has 2 nitrogen and oxygen atoms in total. The SMILES string of the molecule is CC(C)(C)C1CCC(O)C(CC2(O)CCCC2)C1. The minimum atomic E-state index is -0.467. The van der Waals surface area contributed by atoms with E-state index in [0.717, 1.165) is 51.4 Å². The molecule has 2 aliphatic carbocycles. The van der Waals surface area contributed by atoms with Crippen LogP contribution in [0.15, 0.2) is 0 Å². The molecule has 0 radical (unpaired) electrons. The molecule has 0 aromatic carbocycles. The Morgan fingerprint density at radius 3 is 2.28 bits per heavy atom. The minimum absolute atomic E-state index is 0.187. The third-order valence-corrected chi connectivity index (χ3v) is 5.34. The monoisotopic (exact) mass is 254 g/mol. The van der Waals surface area contributed by atoms with Crippen LogP contribution in [0.3, 0.4) is 0 Å². The lowest BCUT2D eigenvalue weighted by Crippen LogP contribution is -2.39. The largest absolute Gasteiger partial charge is 0.393 e. The van der Waals surface area contributed by atoms with E-state index in [2.05, 4.69) is 20.8 Å². The van der Waals surface area contributed by atoms with Crippen molar-refractivity contribution < 1.29 is 10.2 Å². The Kier molecular flexibility index (Phi) is 4.08. The lowest BCUT2D eigenvalue weighted by atomic mass is 9.66. The van der Waals surface area contributed by atoms with Gasteiger partial charge in [0.15, 0.2) is 0 Å². The Morgan fingerprint density at radius 2 is 1.72 bits per heavy atom. The highest BCUT2D eigenvalue weighted by molar-refractivity contribution is 4.92. The second-order valence-electron chi connectivity index (χ2n) is 7.84. The van der Waals surface area contributed by atoms with E-state index in [1.165, 1.54) is 0 Å². The lowest BCUT2D eigenvalue weighted by Gasteiger charge is -2.42. The fourth-order valence-electron chi connectivity index (χ4n) is 3.98. The highest BCUT2D eigenvalue weighted by Crippen LogP contribution is 2.45. The standard InChI is InChI=1S/C16H30O2/c1-15(2,3)13-6-7-14(17)12(10-13)11-16(18)8-4-5-9-16/h12-14,17-18H,4-11H2,1-3H3. The predicted molar refractivity (Wildman–Crippen MR) is 74.3 cm³/mol. The predicted octanol–water partition coefficient (Wildman–Crippen LogP) is 3.50. The van der Waals surface area contributed by atoms with Crippen molar-refractivity contribution in [2.45, 2.75) is 83.8 Å². The first-order valence-electron chi connectivity index (χ1n) is 7.71. The Hall–Kier alpha value is -0.0800. The Bertz CT molecular complexity index is 273. The quantitative estimate of drug-likeness (QED) is 0.791. The molecule has 2 aliphatic rings. The highest BCUT2D eigenvalue weighted by Gasteiger charge is 2.40. The van der Waals surface area contributed by atoms with Crippen molar-refractivity contribution in [3.8, 4) is 0 Å². The number of hydrogen-bond acceptors (Lipinski definition) is 2. The van der Waals surface area contributed by atoms with Crippen LogP contribution in [0.1, 0.15) is 72.1 Å². The van der Waals surface area contributed by atoms with Crippen LogP contribution in [0.5, 0.6) is 0 Å². The Labute approximate surface area is 112 Å². The molecule has 2 fully saturated rings. The zero-order chi connectivity index (χ0) is 13.4. The molecule has 2 rings (SSSR count). The maximum absolute atomic E-state index is 10.5. The van der Waals surface area contributed by atoms with Crippen LogP contribution in [-0.4, -0.2) is 21.9 Å². The fraction of sp³-hybridized carbons (Fsp3) is 1.00. The van der Waals surface area contributed by atoms with Crippen LogP contribution in [-0.2, 0) is 0 Å². The van der Waals surface area contributed by atoms with Gasteiger partial charge < -0.3 is 10.2 Å². The number of aliphatic hydroxyl groups is 2. The summed E-state index contributed by atoms with van der Waals surface area (Å²) in [5.74, 6) is 1.00. The van der Waals surface area contributed by atoms with Crippen molar-refractivity contribution in [3.05, 3.63) is 0 Å². The highest BCUT2D eigenvalue weighted by atomic mass is 16.3. The Morgan fingerprint density at radius 1 is 1.11 bits per heavy atom. The van der Waals surface area contributed by atoms with Gasteiger partial charge in [0.05, 0.1) is 11.7 Å². The molecule has 0 aromatic heterocycles. The third kappa shape index (κ3) is 3.27. The molecule has 3 unspecified atom stereocenters. The van der Waals surface area contributed by atoms with Crippen LogP contribution < -0.4 is 0 Å². The van der Waals surface area contributed by atoms with Gasteiger partial charge in [0, 0.05) is 0 Å². The molecule has 0 spiro atoms. The maximum Gasteiger partial charge on any atom is 0.0651 e. The van der Waals surface area contributed by atoms with Gasteiger partial charge in [-0.1, -0.05) is 33.6 Å². The van der Waals surface area contributed by atoms with Gasteiger partial charge in [0.1, 0.15) is 0 Å². The molecular weight excluding hydrogens is 224 g/mol. The van der Waals surface area contributed by atoms with Crippen molar-refractivity contribution in [2.75, 3.05) is 0 Å². The average Bonchev–Trinajstić information content (AvgIpc) is 2.67. The maximum atomic E-state index is 10.5. The summed E-state index contributed by atoms with van der Waals surface area (Å²) < 4.78 is 0. The van der Waals surface area contributed by atoms with E-state index >= 15 is 0 Å². The lowest BCUT2D eigenvalue weighted by molar-refractivity contribution is -0.0412. The first-order chi connectivity index (χ1) is 8.30. The zero-order valence-corrected chi connectivity index (χ0v) is 12.3. The number of aliphatic hydroxyl groups excluding tert-OH is 1. The summed E-state index contributed by atoms with van der Waals surface area (Å²) >= 11 is 0. The van der Waals surface area contributed by atoms with Gasteiger partial charge >= 0.3 is 0 Å². The summed E-state index contributed by atoms with van der Waals surface area (Å²) in [4.78, 5) is 0. The van der Waals surface area contributed by atoms with E-state index in [9.17, 15) is 10.2 Å². The van der Waals surface area contributed by atoms with E-state index in [-0.39, 0.29) is 6.10 Å². The molecule has 106 valence electrons. The molecule has 0 aliphatic heterocycles. The molecule has 2 heteroatoms. The van der Waals surface area contributed by atoms with Gasteiger partial charge in [0.25, 0.3) is 0 Å². The zero-order valence-electron chi connectivity index (χ0n) is 12.3. The van der Waals surface area contributed by atoms with E-state index in [0.29, 0.717) is 17.3 Å². The summed E-state index contributed by atoms with van der Waals surface area (Å²) in [6.45, 7) is 6.91. The summed E-state index contributed by atoms with van der Waals surface area (Å²) in [6.07, 6.45) is 7.97.